The fraction of sp³-hybridized carbons (Fsp3) is 1.00. The summed E-state index contributed by atoms with van der Waals surface area (Å²) in [7, 11) is 0. The summed E-state index contributed by atoms with van der Waals surface area (Å²) < 4.78 is 0. The summed E-state index contributed by atoms with van der Waals surface area (Å²) in [5.41, 5.74) is 0.413. The Kier molecular flexibility index (Phi) is 2.94. The van der Waals surface area contributed by atoms with E-state index < -0.39 is 0 Å². The SMILES string of the molecule is CC(C)C1(C)CCCCCN1. The third kappa shape index (κ3) is 2.19. The molecule has 0 radical (unpaired) electrons. The Morgan fingerprint density at radius 2 is 1.91 bits per heavy atom. The molecule has 0 aromatic rings. The Morgan fingerprint density at radius 3 is 2.55 bits per heavy atom. The van der Waals surface area contributed by atoms with Gasteiger partial charge in [-0.3, -0.25) is 0 Å². The summed E-state index contributed by atoms with van der Waals surface area (Å²) >= 11 is 0. The van der Waals surface area contributed by atoms with Crippen molar-refractivity contribution in [3.63, 3.8) is 0 Å². The minimum Gasteiger partial charge on any atom is -0.311 e. The van der Waals surface area contributed by atoms with Gasteiger partial charge in [-0.2, -0.15) is 0 Å². The second-order valence-corrected chi connectivity index (χ2v) is 4.31. The lowest BCUT2D eigenvalue weighted by atomic mass is 9.84. The molecule has 1 heterocycles. The average molecular weight is 155 g/mol. The van der Waals surface area contributed by atoms with Gasteiger partial charge in [-0.15, -0.1) is 0 Å². The maximum absolute atomic E-state index is 3.66. The standard InChI is InChI=1S/C10H21N/c1-9(2)10(3)7-5-4-6-8-11-10/h9,11H,4-8H2,1-3H3. The van der Waals surface area contributed by atoms with Crippen LogP contribution in [0.4, 0.5) is 0 Å². The van der Waals surface area contributed by atoms with E-state index in [4.69, 9.17) is 0 Å². The summed E-state index contributed by atoms with van der Waals surface area (Å²) in [6, 6.07) is 0. The van der Waals surface area contributed by atoms with Gasteiger partial charge < -0.3 is 5.32 Å². The molecule has 0 aliphatic carbocycles. The van der Waals surface area contributed by atoms with Crippen LogP contribution in [0.15, 0.2) is 0 Å². The fourth-order valence-corrected chi connectivity index (χ4v) is 1.75. The number of hydrogen-bond acceptors (Lipinski definition) is 1. The molecule has 1 aliphatic rings. The van der Waals surface area contributed by atoms with E-state index in [2.05, 4.69) is 26.1 Å². The first kappa shape index (κ1) is 9.05. The smallest absolute Gasteiger partial charge is 0.0176 e. The van der Waals surface area contributed by atoms with Gasteiger partial charge in [-0.25, -0.2) is 0 Å². The summed E-state index contributed by atoms with van der Waals surface area (Å²) in [6.45, 7) is 8.22. The molecule has 0 aromatic heterocycles. The van der Waals surface area contributed by atoms with Crippen LogP contribution >= 0.6 is 0 Å². The molecule has 1 saturated heterocycles. The Morgan fingerprint density at radius 1 is 1.18 bits per heavy atom. The highest BCUT2D eigenvalue weighted by molar-refractivity contribution is 4.87. The highest BCUT2D eigenvalue weighted by atomic mass is 15.0. The molecule has 11 heavy (non-hydrogen) atoms. The van der Waals surface area contributed by atoms with Gasteiger partial charge in [0.15, 0.2) is 0 Å². The van der Waals surface area contributed by atoms with Gasteiger partial charge in [0.05, 0.1) is 0 Å². The van der Waals surface area contributed by atoms with E-state index in [1.54, 1.807) is 0 Å². The summed E-state index contributed by atoms with van der Waals surface area (Å²) in [5, 5.41) is 3.66. The third-order valence-corrected chi connectivity index (χ3v) is 3.18. The summed E-state index contributed by atoms with van der Waals surface area (Å²) in [4.78, 5) is 0. The summed E-state index contributed by atoms with van der Waals surface area (Å²) in [6.07, 6.45) is 5.53. The molecule has 1 nitrogen and oxygen atoms in total. The Balaban J connectivity index is 2.52. The maximum Gasteiger partial charge on any atom is 0.0176 e. The zero-order valence-corrected chi connectivity index (χ0v) is 8.11. The molecular formula is C10H21N. The van der Waals surface area contributed by atoms with E-state index in [0.717, 1.165) is 5.92 Å². The molecule has 1 aliphatic heterocycles. The topological polar surface area (TPSA) is 12.0 Å². The quantitative estimate of drug-likeness (QED) is 0.613. The molecule has 0 bridgehead atoms. The molecule has 0 spiro atoms. The van der Waals surface area contributed by atoms with Gasteiger partial charge in [0, 0.05) is 5.54 Å². The van der Waals surface area contributed by atoms with Gasteiger partial charge in [0.2, 0.25) is 0 Å². The van der Waals surface area contributed by atoms with Crippen molar-refractivity contribution in [1.82, 2.24) is 5.32 Å². The normalized spacial score (nSPS) is 33.8. The first-order valence-electron chi connectivity index (χ1n) is 4.90. The van der Waals surface area contributed by atoms with E-state index in [9.17, 15) is 0 Å². The zero-order valence-electron chi connectivity index (χ0n) is 8.11. The monoisotopic (exact) mass is 155 g/mol. The van der Waals surface area contributed by atoms with E-state index >= 15 is 0 Å². The van der Waals surface area contributed by atoms with Crippen molar-refractivity contribution in [1.29, 1.82) is 0 Å². The highest BCUT2D eigenvalue weighted by Gasteiger charge is 2.27. The number of nitrogens with one attached hydrogen (secondary N) is 1. The number of hydrogen-bond donors (Lipinski definition) is 1. The third-order valence-electron chi connectivity index (χ3n) is 3.18. The van der Waals surface area contributed by atoms with Crippen molar-refractivity contribution in [2.24, 2.45) is 5.92 Å². The van der Waals surface area contributed by atoms with E-state index in [-0.39, 0.29) is 0 Å². The minimum absolute atomic E-state index is 0.413. The largest absolute Gasteiger partial charge is 0.311 e. The molecule has 1 N–H and O–H groups in total. The predicted molar refractivity (Wildman–Crippen MR) is 49.7 cm³/mol. The van der Waals surface area contributed by atoms with Crippen LogP contribution in [0.1, 0.15) is 46.5 Å². The molecule has 1 rings (SSSR count). The summed E-state index contributed by atoms with van der Waals surface area (Å²) in [5.74, 6) is 0.764. The first-order chi connectivity index (χ1) is 5.15. The second kappa shape index (κ2) is 3.57. The number of rotatable bonds is 1. The van der Waals surface area contributed by atoms with E-state index in [0.29, 0.717) is 5.54 Å². The van der Waals surface area contributed by atoms with Crippen LogP contribution in [-0.4, -0.2) is 12.1 Å². The van der Waals surface area contributed by atoms with Crippen molar-refractivity contribution in [3.05, 3.63) is 0 Å². The fourth-order valence-electron chi connectivity index (χ4n) is 1.75. The molecule has 1 unspecified atom stereocenters. The molecule has 66 valence electrons. The van der Waals surface area contributed by atoms with Crippen LogP contribution in [-0.2, 0) is 0 Å². The molecular weight excluding hydrogens is 134 g/mol. The zero-order chi connectivity index (χ0) is 8.32. The van der Waals surface area contributed by atoms with Crippen LogP contribution in [0, 0.1) is 5.92 Å². The Labute approximate surface area is 70.6 Å². The van der Waals surface area contributed by atoms with E-state index in [1.807, 2.05) is 0 Å². The minimum atomic E-state index is 0.413. The van der Waals surface area contributed by atoms with Crippen LogP contribution in [0.5, 0.6) is 0 Å². The molecule has 1 atom stereocenters. The molecule has 0 amide bonds. The lowest BCUT2D eigenvalue weighted by molar-refractivity contribution is 0.254. The first-order valence-corrected chi connectivity index (χ1v) is 4.90. The maximum atomic E-state index is 3.66. The van der Waals surface area contributed by atoms with Gasteiger partial charge >= 0.3 is 0 Å². The van der Waals surface area contributed by atoms with Crippen molar-refractivity contribution in [2.75, 3.05) is 6.54 Å². The second-order valence-electron chi connectivity index (χ2n) is 4.31. The van der Waals surface area contributed by atoms with Gasteiger partial charge in [-0.05, 0) is 32.2 Å². The lowest BCUT2D eigenvalue weighted by Crippen LogP contribution is -2.46. The van der Waals surface area contributed by atoms with Crippen LogP contribution in [0.25, 0.3) is 0 Å². The molecule has 1 heteroatoms. The molecule has 0 aromatic carbocycles. The Bertz CT molecular complexity index is 110. The van der Waals surface area contributed by atoms with Gasteiger partial charge in [0.1, 0.15) is 0 Å². The van der Waals surface area contributed by atoms with E-state index in [1.165, 1.54) is 32.2 Å². The Hall–Kier alpha value is -0.0400. The van der Waals surface area contributed by atoms with Crippen LogP contribution in [0.3, 0.4) is 0 Å². The average Bonchev–Trinajstić information content (AvgIpc) is 2.15. The van der Waals surface area contributed by atoms with Crippen molar-refractivity contribution >= 4 is 0 Å². The highest BCUT2D eigenvalue weighted by Crippen LogP contribution is 2.25. The van der Waals surface area contributed by atoms with Crippen molar-refractivity contribution in [3.8, 4) is 0 Å². The van der Waals surface area contributed by atoms with Gasteiger partial charge in [0.25, 0.3) is 0 Å². The van der Waals surface area contributed by atoms with Crippen LogP contribution in [0.2, 0.25) is 0 Å². The van der Waals surface area contributed by atoms with Crippen molar-refractivity contribution in [2.45, 2.75) is 52.0 Å². The molecule has 1 fully saturated rings. The van der Waals surface area contributed by atoms with Crippen molar-refractivity contribution < 1.29 is 0 Å². The van der Waals surface area contributed by atoms with Crippen LogP contribution < -0.4 is 5.32 Å². The predicted octanol–water partition coefficient (Wildman–Crippen LogP) is 2.56. The lowest BCUT2D eigenvalue weighted by Gasteiger charge is -2.33. The van der Waals surface area contributed by atoms with Gasteiger partial charge in [-0.1, -0.05) is 26.7 Å². The molecule has 0 saturated carbocycles.